The van der Waals surface area contributed by atoms with Crippen molar-refractivity contribution < 1.29 is 28.6 Å². The van der Waals surface area contributed by atoms with E-state index in [2.05, 4.69) is 0 Å². The van der Waals surface area contributed by atoms with Crippen molar-refractivity contribution in [2.24, 2.45) is 0 Å². The van der Waals surface area contributed by atoms with E-state index in [0.29, 0.717) is 6.29 Å². The summed E-state index contributed by atoms with van der Waals surface area (Å²) in [5, 5.41) is 0. The van der Waals surface area contributed by atoms with Crippen molar-refractivity contribution in [3.63, 3.8) is 0 Å². The van der Waals surface area contributed by atoms with Crippen molar-refractivity contribution in [1.82, 2.24) is 0 Å². The Morgan fingerprint density at radius 3 is 1.89 bits per heavy atom. The largest absolute Gasteiger partial charge is 0.496 e. The Kier molecular flexibility index (Phi) is 4.42. The van der Waals surface area contributed by atoms with E-state index in [1.807, 2.05) is 0 Å². The minimum atomic E-state index is -0.592. The number of benzene rings is 1. The van der Waals surface area contributed by atoms with Crippen molar-refractivity contribution in [2.75, 3.05) is 7.11 Å². The fourth-order valence-corrected chi connectivity index (χ4v) is 1.30. The summed E-state index contributed by atoms with van der Waals surface area (Å²) in [6.45, 7) is 2.40. The van der Waals surface area contributed by atoms with Crippen LogP contribution in [0.1, 0.15) is 24.2 Å². The number of esters is 2. The Labute approximate surface area is 103 Å². The van der Waals surface area contributed by atoms with Crippen LogP contribution < -0.4 is 14.2 Å². The molecule has 0 saturated heterocycles. The first-order valence-corrected chi connectivity index (χ1v) is 5.02. The summed E-state index contributed by atoms with van der Waals surface area (Å²) in [7, 11) is 1.37. The predicted octanol–water partition coefficient (Wildman–Crippen LogP) is 1.36. The molecule has 1 rings (SSSR count). The van der Waals surface area contributed by atoms with Gasteiger partial charge in [-0.15, -0.1) is 0 Å². The van der Waals surface area contributed by atoms with Gasteiger partial charge in [-0.1, -0.05) is 0 Å². The third-order valence-corrected chi connectivity index (χ3v) is 1.93. The molecular weight excluding hydrogens is 240 g/mol. The van der Waals surface area contributed by atoms with Gasteiger partial charge in [0, 0.05) is 19.9 Å². The van der Waals surface area contributed by atoms with Gasteiger partial charge < -0.3 is 14.2 Å². The molecule has 96 valence electrons. The summed E-state index contributed by atoms with van der Waals surface area (Å²) >= 11 is 0. The molecule has 0 atom stereocenters. The van der Waals surface area contributed by atoms with Crippen LogP contribution in [0.2, 0.25) is 0 Å². The zero-order chi connectivity index (χ0) is 13.7. The quantitative estimate of drug-likeness (QED) is 0.457. The molecule has 0 radical (unpaired) electrons. The first-order chi connectivity index (χ1) is 8.47. The van der Waals surface area contributed by atoms with E-state index in [1.165, 1.54) is 33.1 Å². The van der Waals surface area contributed by atoms with Gasteiger partial charge in [-0.2, -0.15) is 0 Å². The number of aldehydes is 1. The average Bonchev–Trinajstić information content (AvgIpc) is 2.29. The molecule has 0 saturated carbocycles. The van der Waals surface area contributed by atoms with Crippen LogP contribution in [0.5, 0.6) is 17.2 Å². The molecule has 0 unspecified atom stereocenters. The van der Waals surface area contributed by atoms with Crippen LogP contribution in [-0.4, -0.2) is 25.3 Å². The van der Waals surface area contributed by atoms with Crippen LogP contribution in [0.4, 0.5) is 0 Å². The normalized spacial score (nSPS) is 9.50. The van der Waals surface area contributed by atoms with Crippen LogP contribution in [0.3, 0.4) is 0 Å². The highest BCUT2D eigenvalue weighted by molar-refractivity contribution is 5.83. The van der Waals surface area contributed by atoms with Crippen LogP contribution in [0, 0.1) is 0 Å². The SMILES string of the molecule is COc1cc(OC(C)=O)c(OC(C)=O)cc1C=O. The second-order valence-electron chi connectivity index (χ2n) is 3.35. The van der Waals surface area contributed by atoms with Crippen LogP contribution in [-0.2, 0) is 9.59 Å². The molecule has 0 fully saturated rings. The average molecular weight is 252 g/mol. The Morgan fingerprint density at radius 1 is 1.00 bits per heavy atom. The topological polar surface area (TPSA) is 78.9 Å². The fourth-order valence-electron chi connectivity index (χ4n) is 1.30. The molecule has 0 heterocycles. The second-order valence-corrected chi connectivity index (χ2v) is 3.35. The highest BCUT2D eigenvalue weighted by Gasteiger charge is 2.15. The minimum Gasteiger partial charge on any atom is -0.496 e. The minimum absolute atomic E-state index is 0.0133. The lowest BCUT2D eigenvalue weighted by atomic mass is 10.2. The van der Waals surface area contributed by atoms with Crippen LogP contribution >= 0.6 is 0 Å². The lowest BCUT2D eigenvalue weighted by Crippen LogP contribution is -2.08. The van der Waals surface area contributed by atoms with Gasteiger partial charge in [-0.05, 0) is 6.07 Å². The molecule has 0 aliphatic rings. The molecule has 0 aromatic heterocycles. The summed E-state index contributed by atoms with van der Waals surface area (Å²) in [4.78, 5) is 32.7. The van der Waals surface area contributed by atoms with Crippen molar-refractivity contribution in [3.8, 4) is 17.2 Å². The number of carbonyl (C=O) groups is 3. The molecule has 0 spiro atoms. The van der Waals surface area contributed by atoms with E-state index in [0.717, 1.165) is 0 Å². The molecule has 6 heteroatoms. The highest BCUT2D eigenvalue weighted by Crippen LogP contribution is 2.34. The van der Waals surface area contributed by atoms with Gasteiger partial charge >= 0.3 is 11.9 Å². The van der Waals surface area contributed by atoms with Crippen molar-refractivity contribution in [1.29, 1.82) is 0 Å². The van der Waals surface area contributed by atoms with Gasteiger partial charge in [0.1, 0.15) is 5.75 Å². The number of hydrogen-bond acceptors (Lipinski definition) is 6. The van der Waals surface area contributed by atoms with Gasteiger partial charge in [-0.25, -0.2) is 0 Å². The summed E-state index contributed by atoms with van der Waals surface area (Å²) < 4.78 is 14.7. The summed E-state index contributed by atoms with van der Waals surface area (Å²) in [6.07, 6.45) is 0.545. The second kappa shape index (κ2) is 5.81. The molecular formula is C12H12O6. The van der Waals surface area contributed by atoms with Crippen molar-refractivity contribution in [2.45, 2.75) is 13.8 Å². The lowest BCUT2D eigenvalue weighted by molar-refractivity contribution is -0.134. The Morgan fingerprint density at radius 2 is 1.50 bits per heavy atom. The van der Waals surface area contributed by atoms with Gasteiger partial charge in [0.25, 0.3) is 0 Å². The molecule has 6 nitrogen and oxygen atoms in total. The number of hydrogen-bond donors (Lipinski definition) is 0. The van der Waals surface area contributed by atoms with E-state index in [4.69, 9.17) is 14.2 Å². The third-order valence-electron chi connectivity index (χ3n) is 1.93. The van der Waals surface area contributed by atoms with Gasteiger partial charge in [-0.3, -0.25) is 14.4 Å². The number of rotatable bonds is 4. The first kappa shape index (κ1) is 13.7. The zero-order valence-electron chi connectivity index (χ0n) is 10.2. The van der Waals surface area contributed by atoms with E-state index >= 15 is 0 Å². The maximum Gasteiger partial charge on any atom is 0.308 e. The molecule has 0 aliphatic carbocycles. The Bertz CT molecular complexity index is 492. The Hall–Kier alpha value is -2.37. The smallest absolute Gasteiger partial charge is 0.308 e. The maximum absolute atomic E-state index is 10.9. The molecule has 0 bridgehead atoms. The van der Waals surface area contributed by atoms with E-state index in [1.54, 1.807) is 0 Å². The van der Waals surface area contributed by atoms with E-state index < -0.39 is 11.9 Å². The zero-order valence-corrected chi connectivity index (χ0v) is 10.2. The van der Waals surface area contributed by atoms with E-state index in [-0.39, 0.29) is 22.8 Å². The first-order valence-electron chi connectivity index (χ1n) is 5.02. The molecule has 18 heavy (non-hydrogen) atoms. The van der Waals surface area contributed by atoms with Gasteiger partial charge in [0.2, 0.25) is 0 Å². The van der Waals surface area contributed by atoms with Gasteiger partial charge in [0.15, 0.2) is 17.8 Å². The number of methoxy groups -OCH3 is 1. The van der Waals surface area contributed by atoms with Crippen LogP contribution in [0.25, 0.3) is 0 Å². The third kappa shape index (κ3) is 3.31. The lowest BCUT2D eigenvalue weighted by Gasteiger charge is -2.11. The fraction of sp³-hybridized carbons (Fsp3) is 0.250. The molecule has 0 aliphatic heterocycles. The van der Waals surface area contributed by atoms with Gasteiger partial charge in [0.05, 0.1) is 12.7 Å². The monoisotopic (exact) mass is 252 g/mol. The standard InChI is InChI=1S/C12H12O6/c1-7(14)17-11-4-9(6-13)10(16-3)5-12(11)18-8(2)15/h4-6H,1-3H3. The summed E-state index contributed by atoms with van der Waals surface area (Å²) in [5.41, 5.74) is 0.185. The summed E-state index contributed by atoms with van der Waals surface area (Å²) in [5.74, 6) is -0.951. The van der Waals surface area contributed by atoms with E-state index in [9.17, 15) is 14.4 Å². The molecule has 1 aromatic carbocycles. The number of carbonyl (C=O) groups excluding carboxylic acids is 3. The molecule has 0 amide bonds. The number of ether oxygens (including phenoxy) is 3. The predicted molar refractivity (Wildman–Crippen MR) is 61.0 cm³/mol. The molecule has 1 aromatic rings. The molecule has 0 N–H and O–H groups in total. The maximum atomic E-state index is 10.9. The highest BCUT2D eigenvalue weighted by atomic mass is 16.6. The van der Waals surface area contributed by atoms with Crippen molar-refractivity contribution >= 4 is 18.2 Å². The van der Waals surface area contributed by atoms with Crippen molar-refractivity contribution in [3.05, 3.63) is 17.7 Å². The summed E-state index contributed by atoms with van der Waals surface area (Å²) in [6, 6.07) is 2.58. The van der Waals surface area contributed by atoms with Crippen LogP contribution in [0.15, 0.2) is 12.1 Å². The Balaban J connectivity index is 3.30.